The van der Waals surface area contributed by atoms with Crippen LogP contribution < -0.4 is 0 Å². The molecule has 1 atom stereocenters. The first kappa shape index (κ1) is 8.75. The number of aliphatic hydroxyl groups excluding tert-OH is 2. The maximum atomic E-state index is 9.52. The van der Waals surface area contributed by atoms with Crippen molar-refractivity contribution in [3.05, 3.63) is 11.6 Å². The van der Waals surface area contributed by atoms with Crippen molar-refractivity contribution in [1.29, 1.82) is 0 Å². The van der Waals surface area contributed by atoms with E-state index in [1.165, 1.54) is 0 Å². The van der Waals surface area contributed by atoms with Gasteiger partial charge >= 0.3 is 0 Å². The zero-order valence-corrected chi connectivity index (χ0v) is 7.17. The Kier molecular flexibility index (Phi) is 2.35. The minimum Gasteiger partial charge on any atom is -0.392 e. The molecule has 0 heterocycles. The summed E-state index contributed by atoms with van der Waals surface area (Å²) in [6.07, 6.45) is 3.35. The van der Waals surface area contributed by atoms with Crippen molar-refractivity contribution in [2.24, 2.45) is 5.41 Å². The Bertz CT molecular complexity index is 170. The van der Waals surface area contributed by atoms with E-state index in [-0.39, 0.29) is 18.1 Å². The summed E-state index contributed by atoms with van der Waals surface area (Å²) in [5, 5.41) is 18.4. The third-order valence-electron chi connectivity index (χ3n) is 2.38. The van der Waals surface area contributed by atoms with Crippen LogP contribution in [0.25, 0.3) is 0 Å². The Labute approximate surface area is 67.6 Å². The molecule has 1 aliphatic rings. The zero-order chi connectivity index (χ0) is 8.48. The van der Waals surface area contributed by atoms with E-state index in [2.05, 4.69) is 0 Å². The van der Waals surface area contributed by atoms with Crippen molar-refractivity contribution in [1.82, 2.24) is 0 Å². The molecule has 0 spiro atoms. The summed E-state index contributed by atoms with van der Waals surface area (Å²) in [4.78, 5) is 0. The van der Waals surface area contributed by atoms with Gasteiger partial charge in [0.25, 0.3) is 0 Å². The first-order valence-electron chi connectivity index (χ1n) is 4.06. The minimum absolute atomic E-state index is 0.135. The van der Waals surface area contributed by atoms with Gasteiger partial charge in [-0.05, 0) is 18.4 Å². The molecule has 2 heteroatoms. The fraction of sp³-hybridized carbons (Fsp3) is 0.778. The molecule has 0 aliphatic heterocycles. The second kappa shape index (κ2) is 2.95. The lowest BCUT2D eigenvalue weighted by Crippen LogP contribution is -2.31. The van der Waals surface area contributed by atoms with Crippen LogP contribution in [0.3, 0.4) is 0 Å². The fourth-order valence-electron chi connectivity index (χ4n) is 1.51. The highest BCUT2D eigenvalue weighted by Crippen LogP contribution is 2.33. The Morgan fingerprint density at radius 2 is 2.27 bits per heavy atom. The predicted molar refractivity (Wildman–Crippen MR) is 44.2 cm³/mol. The second-order valence-electron chi connectivity index (χ2n) is 3.84. The Hall–Kier alpha value is -0.340. The van der Waals surface area contributed by atoms with Crippen molar-refractivity contribution in [3.63, 3.8) is 0 Å². The molecule has 0 saturated carbocycles. The molecule has 0 radical (unpaired) electrons. The topological polar surface area (TPSA) is 40.5 Å². The molecule has 2 N–H and O–H groups in total. The Morgan fingerprint density at radius 1 is 1.64 bits per heavy atom. The molecule has 0 bridgehead atoms. The third kappa shape index (κ3) is 1.82. The molecule has 0 aromatic heterocycles. The van der Waals surface area contributed by atoms with Crippen LogP contribution >= 0.6 is 0 Å². The average Bonchev–Trinajstić information content (AvgIpc) is 1.95. The lowest BCUT2D eigenvalue weighted by Gasteiger charge is -2.32. The summed E-state index contributed by atoms with van der Waals surface area (Å²) < 4.78 is 0. The normalized spacial score (nSPS) is 29.8. The molecule has 0 amide bonds. The van der Waals surface area contributed by atoms with Crippen molar-refractivity contribution in [2.75, 3.05) is 6.61 Å². The number of hydrogen-bond acceptors (Lipinski definition) is 2. The molecule has 1 rings (SSSR count). The molecule has 1 aliphatic carbocycles. The van der Waals surface area contributed by atoms with Gasteiger partial charge in [0.05, 0.1) is 12.7 Å². The zero-order valence-electron chi connectivity index (χ0n) is 7.17. The first-order valence-corrected chi connectivity index (χ1v) is 4.06. The van der Waals surface area contributed by atoms with Crippen molar-refractivity contribution >= 4 is 0 Å². The SMILES string of the molecule is CC1(C)C=C(CO)CC[C@@H]1O. The van der Waals surface area contributed by atoms with Crippen molar-refractivity contribution in [3.8, 4) is 0 Å². The largest absolute Gasteiger partial charge is 0.392 e. The summed E-state index contributed by atoms with van der Waals surface area (Å²) in [6.45, 7) is 4.12. The predicted octanol–water partition coefficient (Wildman–Crippen LogP) is 1.09. The van der Waals surface area contributed by atoms with Gasteiger partial charge in [0.15, 0.2) is 0 Å². The van der Waals surface area contributed by atoms with Gasteiger partial charge in [0, 0.05) is 5.41 Å². The van der Waals surface area contributed by atoms with Gasteiger partial charge in [0.1, 0.15) is 0 Å². The van der Waals surface area contributed by atoms with Gasteiger partial charge in [0.2, 0.25) is 0 Å². The van der Waals surface area contributed by atoms with Crippen LogP contribution in [0.2, 0.25) is 0 Å². The van der Waals surface area contributed by atoms with Crippen LogP contribution in [0.15, 0.2) is 11.6 Å². The van der Waals surface area contributed by atoms with Gasteiger partial charge in [-0.15, -0.1) is 0 Å². The van der Waals surface area contributed by atoms with Crippen LogP contribution in [0, 0.1) is 5.41 Å². The quantitative estimate of drug-likeness (QED) is 0.558. The Morgan fingerprint density at radius 3 is 2.73 bits per heavy atom. The number of rotatable bonds is 1. The summed E-state index contributed by atoms with van der Waals surface area (Å²) >= 11 is 0. The first-order chi connectivity index (χ1) is 5.06. The van der Waals surface area contributed by atoms with E-state index < -0.39 is 0 Å². The van der Waals surface area contributed by atoms with Gasteiger partial charge in [-0.2, -0.15) is 0 Å². The third-order valence-corrected chi connectivity index (χ3v) is 2.38. The molecule has 0 saturated heterocycles. The minimum atomic E-state index is -0.252. The van der Waals surface area contributed by atoms with Gasteiger partial charge in [-0.25, -0.2) is 0 Å². The summed E-state index contributed by atoms with van der Waals surface area (Å²) in [5.74, 6) is 0. The molecule has 2 nitrogen and oxygen atoms in total. The lowest BCUT2D eigenvalue weighted by atomic mass is 9.77. The molecular formula is C9H16O2. The molecule has 0 aromatic rings. The van der Waals surface area contributed by atoms with Gasteiger partial charge in [-0.1, -0.05) is 19.9 Å². The maximum absolute atomic E-state index is 9.52. The van der Waals surface area contributed by atoms with E-state index in [1.54, 1.807) is 0 Å². The van der Waals surface area contributed by atoms with E-state index >= 15 is 0 Å². The molecule has 11 heavy (non-hydrogen) atoms. The van der Waals surface area contributed by atoms with E-state index in [0.717, 1.165) is 18.4 Å². The average molecular weight is 156 g/mol. The fourth-order valence-corrected chi connectivity index (χ4v) is 1.51. The van der Waals surface area contributed by atoms with Crippen LogP contribution in [-0.2, 0) is 0 Å². The lowest BCUT2D eigenvalue weighted by molar-refractivity contribution is 0.0646. The summed E-state index contributed by atoms with van der Waals surface area (Å²) in [5.41, 5.74) is 0.899. The maximum Gasteiger partial charge on any atom is 0.0641 e. The molecular weight excluding hydrogens is 140 g/mol. The van der Waals surface area contributed by atoms with Gasteiger partial charge in [-0.3, -0.25) is 0 Å². The van der Waals surface area contributed by atoms with Crippen LogP contribution in [0.5, 0.6) is 0 Å². The van der Waals surface area contributed by atoms with Crippen LogP contribution in [-0.4, -0.2) is 22.9 Å². The highest BCUT2D eigenvalue weighted by molar-refractivity contribution is 5.14. The molecule has 0 fully saturated rings. The highest BCUT2D eigenvalue weighted by Gasteiger charge is 2.29. The van der Waals surface area contributed by atoms with E-state index in [0.29, 0.717) is 0 Å². The summed E-state index contributed by atoms with van der Waals surface area (Å²) in [7, 11) is 0. The van der Waals surface area contributed by atoms with E-state index in [4.69, 9.17) is 5.11 Å². The highest BCUT2D eigenvalue weighted by atomic mass is 16.3. The van der Waals surface area contributed by atoms with Crippen molar-refractivity contribution < 1.29 is 10.2 Å². The number of aliphatic hydroxyl groups is 2. The standard InChI is InChI=1S/C9H16O2/c1-9(2)5-7(6-10)3-4-8(9)11/h5,8,10-11H,3-4,6H2,1-2H3/t8-/m0/s1. The second-order valence-corrected chi connectivity index (χ2v) is 3.84. The van der Waals surface area contributed by atoms with Crippen LogP contribution in [0.4, 0.5) is 0 Å². The molecule has 64 valence electrons. The number of hydrogen-bond donors (Lipinski definition) is 2. The van der Waals surface area contributed by atoms with Gasteiger partial charge < -0.3 is 10.2 Å². The smallest absolute Gasteiger partial charge is 0.0641 e. The Balaban J connectivity index is 2.76. The van der Waals surface area contributed by atoms with E-state index in [1.807, 2.05) is 19.9 Å². The van der Waals surface area contributed by atoms with E-state index in [9.17, 15) is 5.11 Å². The molecule has 0 aromatic carbocycles. The summed E-state index contributed by atoms with van der Waals surface area (Å²) in [6, 6.07) is 0. The van der Waals surface area contributed by atoms with Crippen LogP contribution in [0.1, 0.15) is 26.7 Å². The van der Waals surface area contributed by atoms with Crippen molar-refractivity contribution in [2.45, 2.75) is 32.8 Å². The molecule has 0 unspecified atom stereocenters. The monoisotopic (exact) mass is 156 g/mol.